The lowest BCUT2D eigenvalue weighted by atomic mass is 9.95. The van der Waals surface area contributed by atoms with Gasteiger partial charge in [-0.2, -0.15) is 0 Å². The van der Waals surface area contributed by atoms with E-state index in [1.165, 1.54) is 5.56 Å². The van der Waals surface area contributed by atoms with Crippen LogP contribution >= 0.6 is 0 Å². The number of nitrogens with zero attached hydrogens (tertiary/aromatic N) is 1. The fourth-order valence-corrected chi connectivity index (χ4v) is 2.90. The zero-order valence-electron chi connectivity index (χ0n) is 13.5. The van der Waals surface area contributed by atoms with Gasteiger partial charge in [-0.1, -0.05) is 30.3 Å². The second-order valence-corrected chi connectivity index (χ2v) is 5.78. The Kier molecular flexibility index (Phi) is 5.61. The van der Waals surface area contributed by atoms with Crippen molar-refractivity contribution < 1.29 is 14.2 Å². The average molecular weight is 313 g/mol. The highest BCUT2D eigenvalue weighted by Crippen LogP contribution is 2.29. The van der Waals surface area contributed by atoms with Crippen molar-refractivity contribution >= 4 is 0 Å². The maximum atomic E-state index is 5.69. The molecule has 1 aliphatic heterocycles. The van der Waals surface area contributed by atoms with Gasteiger partial charge in [0.05, 0.1) is 5.69 Å². The molecule has 23 heavy (non-hydrogen) atoms. The third-order valence-corrected chi connectivity index (χ3v) is 4.14. The smallest absolute Gasteiger partial charge is 0.188 e. The third kappa shape index (κ3) is 4.30. The first-order valence-corrected chi connectivity index (χ1v) is 8.10. The van der Waals surface area contributed by atoms with E-state index < -0.39 is 0 Å². The van der Waals surface area contributed by atoms with Crippen molar-refractivity contribution in [2.75, 3.05) is 27.1 Å². The Morgan fingerprint density at radius 3 is 2.61 bits per heavy atom. The van der Waals surface area contributed by atoms with E-state index in [4.69, 9.17) is 19.2 Å². The van der Waals surface area contributed by atoms with E-state index in [-0.39, 0.29) is 6.79 Å². The standard InChI is InChI=1S/C19H23NO3/c1-21-14-23-19-8-7-17(16-9-11-22-12-10-16)20-18(19)13-15-5-3-2-4-6-15/h2-8,16H,9-14H2,1H3. The molecule has 0 unspecified atom stereocenters. The van der Waals surface area contributed by atoms with Crippen LogP contribution in [0.25, 0.3) is 0 Å². The number of hydrogen-bond donors (Lipinski definition) is 0. The molecular weight excluding hydrogens is 290 g/mol. The highest BCUT2D eigenvalue weighted by molar-refractivity contribution is 5.35. The zero-order valence-corrected chi connectivity index (χ0v) is 13.5. The summed E-state index contributed by atoms with van der Waals surface area (Å²) in [7, 11) is 1.63. The highest BCUT2D eigenvalue weighted by Gasteiger charge is 2.19. The van der Waals surface area contributed by atoms with Gasteiger partial charge in [-0.25, -0.2) is 0 Å². The maximum Gasteiger partial charge on any atom is 0.188 e. The maximum absolute atomic E-state index is 5.69. The SMILES string of the molecule is COCOc1ccc(C2CCOCC2)nc1Cc1ccccc1. The number of ether oxygens (including phenoxy) is 3. The molecular formula is C19H23NO3. The fraction of sp³-hybridized carbons (Fsp3) is 0.421. The molecule has 0 saturated carbocycles. The Morgan fingerprint density at radius 2 is 1.87 bits per heavy atom. The Morgan fingerprint density at radius 1 is 1.09 bits per heavy atom. The topological polar surface area (TPSA) is 40.6 Å². The highest BCUT2D eigenvalue weighted by atomic mass is 16.7. The van der Waals surface area contributed by atoms with Crippen LogP contribution in [0, 0.1) is 0 Å². The number of methoxy groups -OCH3 is 1. The first-order valence-electron chi connectivity index (χ1n) is 8.10. The Hall–Kier alpha value is -1.91. The second-order valence-electron chi connectivity index (χ2n) is 5.78. The summed E-state index contributed by atoms with van der Waals surface area (Å²) < 4.78 is 16.2. The summed E-state index contributed by atoms with van der Waals surface area (Å²) in [6.07, 6.45) is 2.84. The zero-order chi connectivity index (χ0) is 15.9. The van der Waals surface area contributed by atoms with Gasteiger partial charge < -0.3 is 14.2 Å². The van der Waals surface area contributed by atoms with Crippen molar-refractivity contribution in [1.29, 1.82) is 0 Å². The lowest BCUT2D eigenvalue weighted by molar-refractivity contribution is 0.0500. The van der Waals surface area contributed by atoms with Crippen molar-refractivity contribution in [2.24, 2.45) is 0 Å². The van der Waals surface area contributed by atoms with Gasteiger partial charge in [-0.15, -0.1) is 0 Å². The van der Waals surface area contributed by atoms with Crippen molar-refractivity contribution in [1.82, 2.24) is 4.98 Å². The first-order chi connectivity index (χ1) is 11.4. The summed E-state index contributed by atoms with van der Waals surface area (Å²) in [4.78, 5) is 4.91. The summed E-state index contributed by atoms with van der Waals surface area (Å²) in [5.41, 5.74) is 3.34. The molecule has 0 radical (unpaired) electrons. The van der Waals surface area contributed by atoms with Gasteiger partial charge in [0.1, 0.15) is 5.75 Å². The summed E-state index contributed by atoms with van der Waals surface area (Å²) in [5.74, 6) is 1.28. The van der Waals surface area contributed by atoms with Gasteiger partial charge in [0.15, 0.2) is 6.79 Å². The molecule has 2 heterocycles. The molecule has 122 valence electrons. The molecule has 4 heteroatoms. The number of benzene rings is 1. The van der Waals surface area contributed by atoms with Crippen LogP contribution in [0.1, 0.15) is 35.7 Å². The molecule has 0 spiro atoms. The number of hydrogen-bond acceptors (Lipinski definition) is 4. The molecule has 0 aliphatic carbocycles. The molecule has 1 fully saturated rings. The Bertz CT molecular complexity index is 609. The molecule has 4 nitrogen and oxygen atoms in total. The van der Waals surface area contributed by atoms with Gasteiger partial charge in [-0.3, -0.25) is 4.98 Å². The van der Waals surface area contributed by atoms with E-state index in [9.17, 15) is 0 Å². The van der Waals surface area contributed by atoms with Crippen molar-refractivity contribution in [3.63, 3.8) is 0 Å². The molecule has 2 aromatic rings. The lowest BCUT2D eigenvalue weighted by Crippen LogP contribution is -2.16. The summed E-state index contributed by atoms with van der Waals surface area (Å²) in [5, 5.41) is 0. The molecule has 0 N–H and O–H groups in total. The van der Waals surface area contributed by atoms with Gasteiger partial charge in [-0.05, 0) is 30.5 Å². The fourth-order valence-electron chi connectivity index (χ4n) is 2.90. The van der Waals surface area contributed by atoms with Crippen molar-refractivity contribution in [2.45, 2.75) is 25.2 Å². The summed E-state index contributed by atoms with van der Waals surface area (Å²) in [6, 6.07) is 14.5. The molecule has 0 amide bonds. The quantitative estimate of drug-likeness (QED) is 0.765. The molecule has 1 aromatic carbocycles. The minimum absolute atomic E-state index is 0.236. The van der Waals surface area contributed by atoms with Crippen molar-refractivity contribution in [3.05, 3.63) is 59.4 Å². The van der Waals surface area contributed by atoms with Gasteiger partial charge in [0.25, 0.3) is 0 Å². The minimum Gasteiger partial charge on any atom is -0.466 e. The molecule has 0 bridgehead atoms. The van der Waals surface area contributed by atoms with Crippen LogP contribution in [0.2, 0.25) is 0 Å². The van der Waals surface area contributed by atoms with Crippen LogP contribution in [0.15, 0.2) is 42.5 Å². The van der Waals surface area contributed by atoms with Crippen LogP contribution in [0.4, 0.5) is 0 Å². The predicted molar refractivity (Wildman–Crippen MR) is 88.8 cm³/mol. The summed E-state index contributed by atoms with van der Waals surface area (Å²) in [6.45, 7) is 1.88. The Labute approximate surface area is 137 Å². The third-order valence-electron chi connectivity index (χ3n) is 4.14. The minimum atomic E-state index is 0.236. The van der Waals surface area contributed by atoms with Gasteiger partial charge in [0.2, 0.25) is 0 Å². The van der Waals surface area contributed by atoms with E-state index in [0.29, 0.717) is 5.92 Å². The van der Waals surface area contributed by atoms with Gasteiger partial charge >= 0.3 is 0 Å². The number of rotatable bonds is 6. The van der Waals surface area contributed by atoms with Crippen LogP contribution < -0.4 is 4.74 Å². The normalized spacial score (nSPS) is 15.5. The van der Waals surface area contributed by atoms with Crippen LogP contribution in [-0.4, -0.2) is 32.1 Å². The predicted octanol–water partition coefficient (Wildman–Crippen LogP) is 3.55. The average Bonchev–Trinajstić information content (AvgIpc) is 2.62. The largest absolute Gasteiger partial charge is 0.466 e. The first kappa shape index (κ1) is 16.0. The summed E-state index contributed by atoms with van der Waals surface area (Å²) >= 11 is 0. The molecule has 1 saturated heterocycles. The Balaban J connectivity index is 1.85. The van der Waals surface area contributed by atoms with E-state index in [1.807, 2.05) is 24.3 Å². The lowest BCUT2D eigenvalue weighted by Gasteiger charge is -2.22. The van der Waals surface area contributed by atoms with Crippen molar-refractivity contribution in [3.8, 4) is 5.75 Å². The number of aromatic nitrogens is 1. The van der Waals surface area contributed by atoms with Crippen LogP contribution in [0.5, 0.6) is 5.75 Å². The van der Waals surface area contributed by atoms with E-state index >= 15 is 0 Å². The molecule has 0 atom stereocenters. The molecule has 1 aromatic heterocycles. The monoisotopic (exact) mass is 313 g/mol. The van der Waals surface area contributed by atoms with E-state index in [1.54, 1.807) is 7.11 Å². The second kappa shape index (κ2) is 8.09. The van der Waals surface area contributed by atoms with Gasteiger partial charge in [0, 0.05) is 38.4 Å². The van der Waals surface area contributed by atoms with Crippen LogP contribution in [-0.2, 0) is 15.9 Å². The van der Waals surface area contributed by atoms with E-state index in [2.05, 4.69) is 18.2 Å². The number of pyridine rings is 1. The molecule has 3 rings (SSSR count). The molecule has 1 aliphatic rings. The van der Waals surface area contributed by atoms with Crippen LogP contribution in [0.3, 0.4) is 0 Å². The van der Waals surface area contributed by atoms with E-state index in [0.717, 1.165) is 49.6 Å².